The number of hydrogen-bond donors (Lipinski definition) is 2. The van der Waals surface area contributed by atoms with Crippen LogP contribution in [0.3, 0.4) is 0 Å². The van der Waals surface area contributed by atoms with Gasteiger partial charge < -0.3 is 19.8 Å². The number of nitrogens with zero attached hydrogens (tertiary/aromatic N) is 2. The summed E-state index contributed by atoms with van der Waals surface area (Å²) in [5.74, 6) is 0.349. The van der Waals surface area contributed by atoms with E-state index in [1.807, 2.05) is 25.1 Å². The van der Waals surface area contributed by atoms with Crippen LogP contribution in [-0.2, 0) is 6.54 Å². The Labute approximate surface area is 221 Å². The molecule has 194 valence electrons. The second kappa shape index (κ2) is 11.4. The molecule has 5 rings (SSSR count). The number of phenolic OH excluding ortho intramolecular Hbond substituents is 2. The van der Waals surface area contributed by atoms with Crippen LogP contribution in [-0.4, -0.2) is 47.9 Å². The lowest BCUT2D eigenvalue weighted by Crippen LogP contribution is -2.33. The highest BCUT2D eigenvalue weighted by molar-refractivity contribution is 7.22. The SMILES string of the molecule is CCN(Cc1ccc(OCCN2CCCCC2)c(F)c1)c1cc(O)ccc1-c1cc2cc(O)ccc2s1. The van der Waals surface area contributed by atoms with Gasteiger partial charge in [-0.1, -0.05) is 12.5 Å². The fourth-order valence-electron chi connectivity index (χ4n) is 4.97. The van der Waals surface area contributed by atoms with Crippen LogP contribution in [0.25, 0.3) is 20.5 Å². The summed E-state index contributed by atoms with van der Waals surface area (Å²) in [6.45, 7) is 6.71. The molecule has 0 bridgehead atoms. The summed E-state index contributed by atoms with van der Waals surface area (Å²) in [5.41, 5.74) is 2.69. The van der Waals surface area contributed by atoms with Crippen molar-refractivity contribution in [3.05, 3.63) is 72.0 Å². The lowest BCUT2D eigenvalue weighted by atomic mass is 10.1. The van der Waals surface area contributed by atoms with Crippen molar-refractivity contribution in [3.63, 3.8) is 0 Å². The third-order valence-corrected chi connectivity index (χ3v) is 8.10. The molecular formula is C30H33FN2O3S. The van der Waals surface area contributed by atoms with Gasteiger partial charge in [0.05, 0.1) is 0 Å². The van der Waals surface area contributed by atoms with E-state index in [0.717, 1.165) is 51.4 Å². The van der Waals surface area contributed by atoms with E-state index in [1.165, 1.54) is 19.3 Å². The first-order valence-electron chi connectivity index (χ1n) is 12.9. The summed E-state index contributed by atoms with van der Waals surface area (Å²) in [6.07, 6.45) is 3.75. The maximum Gasteiger partial charge on any atom is 0.165 e. The van der Waals surface area contributed by atoms with Crippen LogP contribution >= 0.6 is 11.3 Å². The second-order valence-corrected chi connectivity index (χ2v) is 10.6. The van der Waals surface area contributed by atoms with Gasteiger partial charge in [0.2, 0.25) is 0 Å². The van der Waals surface area contributed by atoms with Crippen LogP contribution in [0.1, 0.15) is 31.7 Å². The molecule has 0 amide bonds. The molecule has 37 heavy (non-hydrogen) atoms. The second-order valence-electron chi connectivity index (χ2n) is 9.56. The fourth-order valence-corrected chi connectivity index (χ4v) is 6.05. The Kier molecular flexibility index (Phi) is 7.82. The van der Waals surface area contributed by atoms with Gasteiger partial charge in [-0.3, -0.25) is 4.90 Å². The minimum Gasteiger partial charge on any atom is -0.508 e. The highest BCUT2D eigenvalue weighted by Gasteiger charge is 2.17. The Morgan fingerprint density at radius 1 is 0.946 bits per heavy atom. The zero-order valence-electron chi connectivity index (χ0n) is 21.1. The third-order valence-electron chi connectivity index (χ3n) is 6.95. The number of likely N-dealkylation sites (tertiary alicyclic amines) is 1. The summed E-state index contributed by atoms with van der Waals surface area (Å²) in [6, 6.07) is 17.9. The van der Waals surface area contributed by atoms with E-state index < -0.39 is 0 Å². The number of aromatic hydroxyl groups is 2. The molecule has 1 aliphatic heterocycles. The largest absolute Gasteiger partial charge is 0.508 e. The number of hydrogen-bond acceptors (Lipinski definition) is 6. The molecule has 4 aromatic rings. The first-order chi connectivity index (χ1) is 18.0. The fraction of sp³-hybridized carbons (Fsp3) is 0.333. The summed E-state index contributed by atoms with van der Waals surface area (Å²) in [5, 5.41) is 21.1. The number of fused-ring (bicyclic) bond motifs is 1. The van der Waals surface area contributed by atoms with Crippen molar-refractivity contribution in [2.45, 2.75) is 32.7 Å². The van der Waals surface area contributed by atoms with Crippen LogP contribution < -0.4 is 9.64 Å². The van der Waals surface area contributed by atoms with Crippen molar-refractivity contribution in [2.24, 2.45) is 0 Å². The highest BCUT2D eigenvalue weighted by Crippen LogP contribution is 2.41. The summed E-state index contributed by atoms with van der Waals surface area (Å²) < 4.78 is 21.8. The number of rotatable bonds is 9. The molecule has 0 unspecified atom stereocenters. The number of halogens is 1. The van der Waals surface area contributed by atoms with Crippen molar-refractivity contribution in [1.82, 2.24) is 4.90 Å². The maximum absolute atomic E-state index is 14.9. The van der Waals surface area contributed by atoms with E-state index >= 15 is 0 Å². The molecule has 1 saturated heterocycles. The van der Waals surface area contributed by atoms with E-state index in [9.17, 15) is 14.6 Å². The zero-order chi connectivity index (χ0) is 25.8. The standard InChI is InChI=1S/C30H33FN2O3S/c1-2-33(20-21-6-10-28(26(31)16-21)36-15-14-32-12-4-3-5-13-32)27-19-24(35)7-9-25(27)30-18-22-17-23(34)8-11-29(22)37-30/h6-11,16-19,34-35H,2-5,12-15,20H2,1H3. The Bertz CT molecular complexity index is 1370. The number of phenols is 2. The van der Waals surface area contributed by atoms with Gasteiger partial charge in [-0.15, -0.1) is 11.3 Å². The Morgan fingerprint density at radius 3 is 2.51 bits per heavy atom. The molecule has 0 radical (unpaired) electrons. The van der Waals surface area contributed by atoms with Crippen LogP contribution in [0.5, 0.6) is 17.2 Å². The van der Waals surface area contributed by atoms with Gasteiger partial charge in [-0.2, -0.15) is 0 Å². The molecule has 5 nitrogen and oxygen atoms in total. The molecule has 0 aliphatic carbocycles. The molecule has 7 heteroatoms. The maximum atomic E-state index is 14.9. The van der Waals surface area contributed by atoms with Crippen molar-refractivity contribution in [1.29, 1.82) is 0 Å². The number of ether oxygens (including phenoxy) is 1. The van der Waals surface area contributed by atoms with Gasteiger partial charge in [-0.05, 0) is 92.3 Å². The first kappa shape index (κ1) is 25.4. The lowest BCUT2D eigenvalue weighted by molar-refractivity contribution is 0.180. The average molecular weight is 521 g/mol. The molecule has 0 atom stereocenters. The van der Waals surface area contributed by atoms with Crippen molar-refractivity contribution in [2.75, 3.05) is 37.7 Å². The summed E-state index contributed by atoms with van der Waals surface area (Å²) in [7, 11) is 0. The number of thiophene rings is 1. The lowest BCUT2D eigenvalue weighted by Gasteiger charge is -2.26. The van der Waals surface area contributed by atoms with Crippen molar-refractivity contribution >= 4 is 27.1 Å². The number of benzene rings is 3. The predicted octanol–water partition coefficient (Wildman–Crippen LogP) is 7.01. The smallest absolute Gasteiger partial charge is 0.165 e. The average Bonchev–Trinajstić information content (AvgIpc) is 3.32. The third kappa shape index (κ3) is 6.00. The molecule has 0 spiro atoms. The number of piperidine rings is 1. The van der Waals surface area contributed by atoms with Crippen LogP contribution in [0.4, 0.5) is 10.1 Å². The topological polar surface area (TPSA) is 56.2 Å². The Morgan fingerprint density at radius 2 is 1.73 bits per heavy atom. The van der Waals surface area contributed by atoms with E-state index in [0.29, 0.717) is 19.7 Å². The molecule has 1 aromatic heterocycles. The van der Waals surface area contributed by atoms with Gasteiger partial charge in [0.25, 0.3) is 0 Å². The molecule has 2 N–H and O–H groups in total. The van der Waals surface area contributed by atoms with Gasteiger partial charge >= 0.3 is 0 Å². The van der Waals surface area contributed by atoms with E-state index in [4.69, 9.17) is 4.74 Å². The molecule has 0 saturated carbocycles. The Hall–Kier alpha value is -3.29. The van der Waals surface area contributed by atoms with E-state index in [-0.39, 0.29) is 23.1 Å². The summed E-state index contributed by atoms with van der Waals surface area (Å²) in [4.78, 5) is 5.54. The predicted molar refractivity (Wildman–Crippen MR) is 150 cm³/mol. The molecule has 3 aromatic carbocycles. The van der Waals surface area contributed by atoms with Crippen molar-refractivity contribution < 1.29 is 19.3 Å². The molecule has 1 aliphatic rings. The van der Waals surface area contributed by atoms with Gasteiger partial charge in [0, 0.05) is 46.5 Å². The summed E-state index contributed by atoms with van der Waals surface area (Å²) >= 11 is 1.64. The van der Waals surface area contributed by atoms with Crippen molar-refractivity contribution in [3.8, 4) is 27.7 Å². The van der Waals surface area contributed by atoms with Crippen LogP contribution in [0.2, 0.25) is 0 Å². The monoisotopic (exact) mass is 520 g/mol. The quantitative estimate of drug-likeness (QED) is 0.249. The van der Waals surface area contributed by atoms with E-state index in [1.54, 1.807) is 47.7 Å². The van der Waals surface area contributed by atoms with Crippen LogP contribution in [0, 0.1) is 5.82 Å². The Balaban J connectivity index is 1.33. The van der Waals surface area contributed by atoms with E-state index in [2.05, 4.69) is 15.9 Å². The highest BCUT2D eigenvalue weighted by atomic mass is 32.1. The molecule has 2 heterocycles. The van der Waals surface area contributed by atoms with Crippen LogP contribution in [0.15, 0.2) is 60.7 Å². The minimum atomic E-state index is -0.354. The number of anilines is 1. The molecular weight excluding hydrogens is 487 g/mol. The van der Waals surface area contributed by atoms with Gasteiger partial charge in [-0.25, -0.2) is 4.39 Å². The molecule has 1 fully saturated rings. The first-order valence-corrected chi connectivity index (χ1v) is 13.8. The normalized spacial score (nSPS) is 14.2. The van der Waals surface area contributed by atoms with Gasteiger partial charge in [0.15, 0.2) is 11.6 Å². The minimum absolute atomic E-state index is 0.180. The van der Waals surface area contributed by atoms with Gasteiger partial charge in [0.1, 0.15) is 18.1 Å². The zero-order valence-corrected chi connectivity index (χ0v) is 21.9.